The topological polar surface area (TPSA) is 86.7 Å². The van der Waals surface area contributed by atoms with Gasteiger partial charge in [-0.15, -0.1) is 11.8 Å². The van der Waals surface area contributed by atoms with E-state index in [0.29, 0.717) is 11.6 Å². The van der Waals surface area contributed by atoms with Gasteiger partial charge in [-0.05, 0) is 0 Å². The fraction of sp³-hybridized carbons (Fsp3) is 0.667. The maximum atomic E-state index is 11.6. The molecule has 1 aliphatic rings. The van der Waals surface area contributed by atoms with E-state index in [0.717, 1.165) is 0 Å². The highest BCUT2D eigenvalue weighted by molar-refractivity contribution is 7.99. The largest absolute Gasteiger partial charge is 0.480 e. The normalized spacial score (nSPS) is 19.6. The van der Waals surface area contributed by atoms with Crippen molar-refractivity contribution in [3.8, 4) is 0 Å². The van der Waals surface area contributed by atoms with Gasteiger partial charge in [0.1, 0.15) is 6.04 Å². The average molecular weight is 246 g/mol. The molecule has 7 heteroatoms. The lowest BCUT2D eigenvalue weighted by atomic mass is 10.2. The molecule has 16 heavy (non-hydrogen) atoms. The van der Waals surface area contributed by atoms with Gasteiger partial charge < -0.3 is 15.3 Å². The first-order valence-corrected chi connectivity index (χ1v) is 6.02. The van der Waals surface area contributed by atoms with Crippen molar-refractivity contribution in [2.24, 2.45) is 0 Å². The third-order valence-corrected chi connectivity index (χ3v) is 3.21. The number of nitrogens with one attached hydrogen (secondary N) is 1. The highest BCUT2D eigenvalue weighted by Gasteiger charge is 2.33. The van der Waals surface area contributed by atoms with Gasteiger partial charge in [0.15, 0.2) is 0 Å². The Morgan fingerprint density at radius 2 is 2.19 bits per heavy atom. The van der Waals surface area contributed by atoms with Crippen LogP contribution < -0.4 is 5.32 Å². The van der Waals surface area contributed by atoms with Crippen molar-refractivity contribution in [1.82, 2.24) is 10.2 Å². The molecule has 0 unspecified atom stereocenters. The second-order valence-corrected chi connectivity index (χ2v) is 4.45. The number of amides is 2. The Morgan fingerprint density at radius 1 is 1.50 bits per heavy atom. The minimum absolute atomic E-state index is 0.143. The van der Waals surface area contributed by atoms with Crippen molar-refractivity contribution in [2.75, 3.05) is 18.2 Å². The fourth-order valence-electron chi connectivity index (χ4n) is 1.38. The minimum atomic E-state index is -0.974. The van der Waals surface area contributed by atoms with E-state index >= 15 is 0 Å². The summed E-state index contributed by atoms with van der Waals surface area (Å²) in [6.07, 6.45) is 0.143. The molecule has 1 atom stereocenters. The number of thioether (sulfide) groups is 1. The molecular weight excluding hydrogens is 232 g/mol. The van der Waals surface area contributed by atoms with E-state index in [-0.39, 0.29) is 24.8 Å². The van der Waals surface area contributed by atoms with Gasteiger partial charge in [0.2, 0.25) is 11.8 Å². The first-order chi connectivity index (χ1) is 7.52. The molecule has 6 nitrogen and oxygen atoms in total. The Morgan fingerprint density at radius 3 is 2.75 bits per heavy atom. The van der Waals surface area contributed by atoms with Crippen molar-refractivity contribution in [3.63, 3.8) is 0 Å². The number of aliphatic carboxylic acids is 1. The third-order valence-electron chi connectivity index (χ3n) is 2.20. The summed E-state index contributed by atoms with van der Waals surface area (Å²) in [5.41, 5.74) is 0. The molecule has 1 aliphatic heterocycles. The monoisotopic (exact) mass is 246 g/mol. The lowest BCUT2D eigenvalue weighted by molar-refractivity contribution is -0.147. The summed E-state index contributed by atoms with van der Waals surface area (Å²) < 4.78 is 0. The SMILES string of the molecule is CC(=O)NCCC(=O)N1CSC[C@H]1C(=O)O. The van der Waals surface area contributed by atoms with Gasteiger partial charge in [0, 0.05) is 25.6 Å². The van der Waals surface area contributed by atoms with Gasteiger partial charge in [0.05, 0.1) is 5.88 Å². The number of hydrogen-bond donors (Lipinski definition) is 2. The van der Waals surface area contributed by atoms with Crippen molar-refractivity contribution in [2.45, 2.75) is 19.4 Å². The summed E-state index contributed by atoms with van der Waals surface area (Å²) in [6.45, 7) is 1.62. The molecule has 0 bridgehead atoms. The van der Waals surface area contributed by atoms with E-state index in [4.69, 9.17) is 5.11 Å². The van der Waals surface area contributed by atoms with Gasteiger partial charge in [-0.1, -0.05) is 0 Å². The van der Waals surface area contributed by atoms with Gasteiger partial charge in [-0.2, -0.15) is 0 Å². The van der Waals surface area contributed by atoms with Crippen molar-refractivity contribution in [3.05, 3.63) is 0 Å². The highest BCUT2D eigenvalue weighted by Crippen LogP contribution is 2.21. The van der Waals surface area contributed by atoms with E-state index in [2.05, 4.69) is 5.32 Å². The molecule has 0 radical (unpaired) electrons. The maximum Gasteiger partial charge on any atom is 0.327 e. The molecular formula is C9H14N2O4S. The van der Waals surface area contributed by atoms with Crippen LogP contribution in [0, 0.1) is 0 Å². The van der Waals surface area contributed by atoms with Crippen LogP contribution in [0.1, 0.15) is 13.3 Å². The molecule has 0 saturated carbocycles. The second-order valence-electron chi connectivity index (χ2n) is 3.45. The highest BCUT2D eigenvalue weighted by atomic mass is 32.2. The van der Waals surface area contributed by atoms with E-state index in [1.165, 1.54) is 23.6 Å². The molecule has 0 spiro atoms. The molecule has 2 amide bonds. The predicted octanol–water partition coefficient (Wildman–Crippen LogP) is -0.501. The smallest absolute Gasteiger partial charge is 0.327 e. The molecule has 2 N–H and O–H groups in total. The van der Waals surface area contributed by atoms with E-state index in [1.54, 1.807) is 0 Å². The predicted molar refractivity (Wildman–Crippen MR) is 58.9 cm³/mol. The van der Waals surface area contributed by atoms with Crippen LogP contribution in [0.3, 0.4) is 0 Å². The Kier molecular flexibility index (Phi) is 4.60. The Labute approximate surface area is 97.4 Å². The van der Waals surface area contributed by atoms with Gasteiger partial charge in [0.25, 0.3) is 0 Å². The number of carbonyl (C=O) groups excluding carboxylic acids is 2. The summed E-state index contributed by atoms with van der Waals surface area (Å²) in [5.74, 6) is -0.556. The van der Waals surface area contributed by atoms with Crippen LogP contribution >= 0.6 is 11.8 Å². The average Bonchev–Trinajstić information content (AvgIpc) is 2.65. The number of carboxylic acids is 1. The van der Waals surface area contributed by atoms with Crippen LogP contribution in [-0.4, -0.2) is 52.0 Å². The van der Waals surface area contributed by atoms with Gasteiger partial charge in [-0.3, -0.25) is 9.59 Å². The van der Waals surface area contributed by atoms with Crippen LogP contribution in [0.2, 0.25) is 0 Å². The number of rotatable bonds is 4. The molecule has 1 rings (SSSR count). The Bertz CT molecular complexity index is 308. The number of nitrogens with zero attached hydrogens (tertiary/aromatic N) is 1. The Balaban J connectivity index is 2.41. The first kappa shape index (κ1) is 12.8. The summed E-state index contributed by atoms with van der Waals surface area (Å²) in [4.78, 5) is 34.4. The van der Waals surface area contributed by atoms with Crippen LogP contribution in [0.4, 0.5) is 0 Å². The molecule has 1 saturated heterocycles. The summed E-state index contributed by atoms with van der Waals surface area (Å²) >= 11 is 1.42. The van der Waals surface area contributed by atoms with Gasteiger partial charge in [-0.25, -0.2) is 4.79 Å². The quantitative estimate of drug-likeness (QED) is 0.698. The van der Waals surface area contributed by atoms with Crippen LogP contribution in [0.25, 0.3) is 0 Å². The lowest BCUT2D eigenvalue weighted by Gasteiger charge is -2.20. The first-order valence-electron chi connectivity index (χ1n) is 4.87. The van der Waals surface area contributed by atoms with Crippen molar-refractivity contribution < 1.29 is 19.5 Å². The van der Waals surface area contributed by atoms with E-state index < -0.39 is 12.0 Å². The van der Waals surface area contributed by atoms with Gasteiger partial charge >= 0.3 is 5.97 Å². The molecule has 0 aliphatic carbocycles. The van der Waals surface area contributed by atoms with Crippen molar-refractivity contribution >= 4 is 29.5 Å². The van der Waals surface area contributed by atoms with Crippen LogP contribution in [-0.2, 0) is 14.4 Å². The summed E-state index contributed by atoms with van der Waals surface area (Å²) in [7, 11) is 0. The fourth-order valence-corrected chi connectivity index (χ4v) is 2.55. The van der Waals surface area contributed by atoms with Crippen LogP contribution in [0.5, 0.6) is 0 Å². The molecule has 0 aromatic rings. The standard InChI is InChI=1S/C9H14N2O4S/c1-6(12)10-3-2-8(13)11-5-16-4-7(11)9(14)15/h7H,2-5H2,1H3,(H,10,12)(H,14,15)/t7-/m0/s1. The minimum Gasteiger partial charge on any atom is -0.480 e. The Hall–Kier alpha value is -1.24. The zero-order valence-electron chi connectivity index (χ0n) is 8.93. The maximum absolute atomic E-state index is 11.6. The molecule has 0 aromatic carbocycles. The number of carbonyl (C=O) groups is 3. The zero-order valence-corrected chi connectivity index (χ0v) is 9.75. The molecule has 1 fully saturated rings. The summed E-state index contributed by atoms with van der Waals surface area (Å²) in [5, 5.41) is 11.4. The molecule has 0 aromatic heterocycles. The zero-order chi connectivity index (χ0) is 12.1. The van der Waals surface area contributed by atoms with E-state index in [1.807, 2.05) is 0 Å². The summed E-state index contributed by atoms with van der Waals surface area (Å²) in [6, 6.07) is -0.727. The second kappa shape index (κ2) is 5.74. The number of hydrogen-bond acceptors (Lipinski definition) is 4. The molecule has 1 heterocycles. The molecule has 90 valence electrons. The number of carboxylic acid groups (broad SMARTS) is 1. The lowest BCUT2D eigenvalue weighted by Crippen LogP contribution is -2.42. The van der Waals surface area contributed by atoms with Crippen LogP contribution in [0.15, 0.2) is 0 Å². The van der Waals surface area contributed by atoms with Crippen molar-refractivity contribution in [1.29, 1.82) is 0 Å². The third kappa shape index (κ3) is 3.41. The van der Waals surface area contributed by atoms with E-state index in [9.17, 15) is 14.4 Å².